The van der Waals surface area contributed by atoms with Crippen LogP contribution in [0.2, 0.25) is 0 Å². The molecule has 2 unspecified atom stereocenters. The third-order valence-electron chi connectivity index (χ3n) is 1.88. The summed E-state index contributed by atoms with van der Waals surface area (Å²) in [6.45, 7) is 2.59. The first-order valence-electron chi connectivity index (χ1n) is 4.04. The van der Waals surface area contributed by atoms with E-state index in [-0.39, 0.29) is 6.61 Å². The Morgan fingerprint density at radius 2 is 1.85 bits per heavy atom. The van der Waals surface area contributed by atoms with Crippen molar-refractivity contribution < 1.29 is 19.8 Å². The van der Waals surface area contributed by atoms with Crippen molar-refractivity contribution in [1.29, 1.82) is 0 Å². The van der Waals surface area contributed by atoms with Crippen molar-refractivity contribution in [2.75, 3.05) is 6.61 Å². The van der Waals surface area contributed by atoms with Gasteiger partial charge in [0.05, 0.1) is 6.04 Å². The fourth-order valence-corrected chi connectivity index (χ4v) is 1.03. The molecule has 0 spiro atoms. The molecule has 0 fully saturated rings. The van der Waals surface area contributed by atoms with Gasteiger partial charge in [-0.2, -0.15) is 0 Å². The summed E-state index contributed by atoms with van der Waals surface area (Å²) in [5.74, 6) is -3.58. The molecular formula is C8H15NO4. The second kappa shape index (κ2) is 4.94. The minimum absolute atomic E-state index is 0.338. The Hall–Kier alpha value is -0.940. The van der Waals surface area contributed by atoms with E-state index in [2.05, 4.69) is 0 Å². The molecule has 0 aromatic rings. The number of rotatable bonds is 5. The molecule has 13 heavy (non-hydrogen) atoms. The first-order valence-corrected chi connectivity index (χ1v) is 4.04. The number of ketones is 1. The maximum absolute atomic E-state index is 11.3. The summed E-state index contributed by atoms with van der Waals surface area (Å²) in [6, 6.07) is -0.810. The topological polar surface area (TPSA) is 101 Å². The van der Waals surface area contributed by atoms with Crippen molar-refractivity contribution in [2.24, 2.45) is 17.6 Å². The highest BCUT2D eigenvalue weighted by Crippen LogP contribution is 2.13. The molecule has 76 valence electrons. The normalized spacial score (nSPS) is 17.5. The van der Waals surface area contributed by atoms with Crippen LogP contribution in [0.25, 0.3) is 0 Å². The molecule has 0 aliphatic rings. The number of carbonyl (C=O) groups is 2. The Balaban J connectivity index is 4.61. The van der Waals surface area contributed by atoms with Crippen molar-refractivity contribution in [3.63, 3.8) is 0 Å². The van der Waals surface area contributed by atoms with Crippen LogP contribution in [0.1, 0.15) is 13.8 Å². The van der Waals surface area contributed by atoms with Crippen molar-refractivity contribution in [1.82, 2.24) is 0 Å². The van der Waals surface area contributed by atoms with Gasteiger partial charge in [0.1, 0.15) is 5.92 Å². The van der Waals surface area contributed by atoms with Gasteiger partial charge in [0, 0.05) is 6.61 Å². The van der Waals surface area contributed by atoms with Crippen LogP contribution in [0.4, 0.5) is 0 Å². The molecule has 0 amide bonds. The van der Waals surface area contributed by atoms with Gasteiger partial charge in [0.2, 0.25) is 0 Å². The van der Waals surface area contributed by atoms with E-state index >= 15 is 0 Å². The monoisotopic (exact) mass is 189 g/mol. The van der Waals surface area contributed by atoms with Crippen LogP contribution in [0.3, 0.4) is 0 Å². The highest BCUT2D eigenvalue weighted by molar-refractivity contribution is 6.01. The zero-order valence-corrected chi connectivity index (χ0v) is 7.73. The number of aliphatic hydroxyl groups is 1. The Bertz CT molecular complexity index is 202. The van der Waals surface area contributed by atoms with Gasteiger partial charge in [-0.25, -0.2) is 0 Å². The number of carboxylic acids is 1. The highest BCUT2D eigenvalue weighted by Gasteiger charge is 2.33. The van der Waals surface area contributed by atoms with Crippen LogP contribution in [0, 0.1) is 11.8 Å². The van der Waals surface area contributed by atoms with E-state index in [1.54, 1.807) is 0 Å². The Morgan fingerprint density at radius 1 is 1.38 bits per heavy atom. The van der Waals surface area contributed by atoms with Gasteiger partial charge in [0.25, 0.3) is 0 Å². The maximum Gasteiger partial charge on any atom is 0.314 e. The molecule has 5 nitrogen and oxygen atoms in total. The molecule has 0 bridgehead atoms. The molecule has 0 saturated carbocycles. The molecule has 0 heterocycles. The lowest BCUT2D eigenvalue weighted by Gasteiger charge is -2.18. The molecule has 4 N–H and O–H groups in total. The van der Waals surface area contributed by atoms with Crippen LogP contribution in [0.15, 0.2) is 0 Å². The summed E-state index contributed by atoms with van der Waals surface area (Å²) in [7, 11) is 0. The molecule has 0 aliphatic carbocycles. The molecule has 3 atom stereocenters. The Kier molecular flexibility index (Phi) is 4.58. The third kappa shape index (κ3) is 3.12. The number of hydrogen-bond donors (Lipinski definition) is 3. The average Bonchev–Trinajstić information content (AvgIpc) is 2.03. The minimum Gasteiger partial charge on any atom is -0.481 e. The van der Waals surface area contributed by atoms with Crippen LogP contribution >= 0.6 is 0 Å². The zero-order valence-electron chi connectivity index (χ0n) is 7.73. The van der Waals surface area contributed by atoms with Crippen molar-refractivity contribution in [3.8, 4) is 0 Å². The highest BCUT2D eigenvalue weighted by atomic mass is 16.4. The van der Waals surface area contributed by atoms with Gasteiger partial charge >= 0.3 is 5.97 Å². The van der Waals surface area contributed by atoms with Crippen LogP contribution in [0.5, 0.6) is 0 Å². The predicted octanol–water partition coefficient (Wildman–Crippen LogP) is -0.768. The minimum atomic E-state index is -1.23. The quantitative estimate of drug-likeness (QED) is 0.493. The zero-order chi connectivity index (χ0) is 10.6. The van der Waals surface area contributed by atoms with Crippen LogP contribution in [-0.2, 0) is 9.59 Å². The van der Waals surface area contributed by atoms with Crippen LogP contribution in [-0.4, -0.2) is 34.6 Å². The molecular weight excluding hydrogens is 174 g/mol. The molecule has 0 radical (unpaired) electrons. The Morgan fingerprint density at radius 3 is 2.08 bits per heavy atom. The van der Waals surface area contributed by atoms with Crippen LogP contribution < -0.4 is 5.73 Å². The van der Waals surface area contributed by atoms with E-state index in [1.807, 2.05) is 0 Å². The number of carbonyl (C=O) groups excluding carboxylic acids is 1. The van der Waals surface area contributed by atoms with Gasteiger partial charge in [-0.05, 0) is 12.8 Å². The largest absolute Gasteiger partial charge is 0.481 e. The first kappa shape index (κ1) is 12.1. The fourth-order valence-electron chi connectivity index (χ4n) is 1.03. The number of Topliss-reactive ketones (excluding diaryl/α,β-unsaturated/α-hetero) is 1. The molecule has 5 heteroatoms. The van der Waals surface area contributed by atoms with Gasteiger partial charge in [0.15, 0.2) is 5.78 Å². The van der Waals surface area contributed by atoms with E-state index in [0.29, 0.717) is 0 Å². The van der Waals surface area contributed by atoms with Gasteiger partial charge < -0.3 is 15.9 Å². The molecule has 0 aromatic carbocycles. The number of aliphatic hydroxyl groups excluding tert-OH is 1. The lowest BCUT2D eigenvalue weighted by molar-refractivity contribution is -0.149. The second-order valence-corrected chi connectivity index (χ2v) is 3.17. The maximum atomic E-state index is 11.3. The fraction of sp³-hybridized carbons (Fsp3) is 0.750. The van der Waals surface area contributed by atoms with Crippen molar-refractivity contribution in [2.45, 2.75) is 19.9 Å². The number of hydrogen-bond acceptors (Lipinski definition) is 4. The smallest absolute Gasteiger partial charge is 0.314 e. The molecule has 0 saturated heterocycles. The predicted molar refractivity (Wildman–Crippen MR) is 46.0 cm³/mol. The number of aliphatic carboxylic acids is 1. The SMILES string of the molecule is CC(CO)C(C(=O)O)C(=O)[C@H](C)N. The lowest BCUT2D eigenvalue weighted by Crippen LogP contribution is -2.41. The number of nitrogens with two attached hydrogens (primary N) is 1. The van der Waals surface area contributed by atoms with E-state index in [9.17, 15) is 9.59 Å². The second-order valence-electron chi connectivity index (χ2n) is 3.17. The summed E-state index contributed by atoms with van der Waals surface area (Å²) in [5, 5.41) is 17.4. The Labute approximate surface area is 76.5 Å². The summed E-state index contributed by atoms with van der Waals surface area (Å²) in [5.41, 5.74) is 5.27. The van der Waals surface area contributed by atoms with Gasteiger partial charge in [-0.15, -0.1) is 0 Å². The van der Waals surface area contributed by atoms with Crippen molar-refractivity contribution >= 4 is 11.8 Å². The molecule has 0 aromatic heterocycles. The summed E-state index contributed by atoms with van der Waals surface area (Å²) in [6.07, 6.45) is 0. The molecule has 0 rings (SSSR count). The van der Waals surface area contributed by atoms with Crippen molar-refractivity contribution in [3.05, 3.63) is 0 Å². The molecule has 0 aliphatic heterocycles. The third-order valence-corrected chi connectivity index (χ3v) is 1.88. The van der Waals surface area contributed by atoms with E-state index in [4.69, 9.17) is 15.9 Å². The number of carboxylic acid groups (broad SMARTS) is 1. The first-order chi connectivity index (χ1) is 5.91. The average molecular weight is 189 g/mol. The van der Waals surface area contributed by atoms with E-state index < -0.39 is 29.6 Å². The summed E-state index contributed by atoms with van der Waals surface area (Å²) < 4.78 is 0. The summed E-state index contributed by atoms with van der Waals surface area (Å²) in [4.78, 5) is 21.9. The standard InChI is InChI=1S/C8H15NO4/c1-4(3-10)6(8(12)13)7(11)5(2)9/h4-6,10H,3,9H2,1-2H3,(H,12,13)/t4?,5-,6?/m0/s1. The van der Waals surface area contributed by atoms with Gasteiger partial charge in [-0.1, -0.05) is 6.92 Å². The van der Waals surface area contributed by atoms with E-state index in [0.717, 1.165) is 0 Å². The van der Waals surface area contributed by atoms with E-state index in [1.165, 1.54) is 13.8 Å². The van der Waals surface area contributed by atoms with Gasteiger partial charge in [-0.3, -0.25) is 9.59 Å². The lowest BCUT2D eigenvalue weighted by atomic mass is 9.88. The summed E-state index contributed by atoms with van der Waals surface area (Å²) >= 11 is 0.